The highest BCUT2D eigenvalue weighted by molar-refractivity contribution is 6.19. The van der Waals surface area contributed by atoms with Crippen LogP contribution in [0.5, 0.6) is 5.75 Å². The van der Waals surface area contributed by atoms with Crippen LogP contribution in [0, 0.1) is 0 Å². The molecule has 0 fully saturated rings. The monoisotopic (exact) mass is 213 g/mol. The summed E-state index contributed by atoms with van der Waals surface area (Å²) in [5.41, 5.74) is 0.748. The number of carbonyl (C=O) groups is 1. The van der Waals surface area contributed by atoms with E-state index < -0.39 is 0 Å². The first-order chi connectivity index (χ1) is 6.65. The standard InChI is InChI=1S/C10H12ClNO2/c1-12(10(14)6-7-11)8-2-4-9(13)5-3-8/h2-5,13H,6-7H2,1H3. The molecule has 1 N–H and O–H groups in total. The predicted octanol–water partition coefficient (Wildman–Crippen LogP) is 1.98. The van der Waals surface area contributed by atoms with Gasteiger partial charge in [-0.15, -0.1) is 11.6 Å². The van der Waals surface area contributed by atoms with Gasteiger partial charge < -0.3 is 10.0 Å². The van der Waals surface area contributed by atoms with Crippen LogP contribution >= 0.6 is 11.6 Å². The number of alkyl halides is 1. The van der Waals surface area contributed by atoms with E-state index in [1.54, 1.807) is 31.3 Å². The first-order valence-corrected chi connectivity index (χ1v) is 4.80. The van der Waals surface area contributed by atoms with Crippen LogP contribution in [0.25, 0.3) is 0 Å². The fourth-order valence-electron chi connectivity index (χ4n) is 1.07. The van der Waals surface area contributed by atoms with Gasteiger partial charge in [-0.05, 0) is 24.3 Å². The molecule has 14 heavy (non-hydrogen) atoms. The van der Waals surface area contributed by atoms with Crippen molar-refractivity contribution in [3.8, 4) is 5.75 Å². The molecule has 0 heterocycles. The third kappa shape index (κ3) is 2.64. The maximum Gasteiger partial charge on any atom is 0.227 e. The van der Waals surface area contributed by atoms with Crippen LogP contribution in [0.15, 0.2) is 24.3 Å². The van der Waals surface area contributed by atoms with E-state index >= 15 is 0 Å². The van der Waals surface area contributed by atoms with Crippen LogP contribution in [0.1, 0.15) is 6.42 Å². The normalized spacial score (nSPS) is 9.86. The minimum Gasteiger partial charge on any atom is -0.508 e. The van der Waals surface area contributed by atoms with E-state index in [4.69, 9.17) is 16.7 Å². The van der Waals surface area contributed by atoms with Crippen molar-refractivity contribution in [2.24, 2.45) is 0 Å². The SMILES string of the molecule is CN(C(=O)CCCl)c1ccc(O)cc1. The molecule has 0 aliphatic carbocycles. The molecule has 3 nitrogen and oxygen atoms in total. The molecule has 0 aromatic heterocycles. The number of halogens is 1. The minimum absolute atomic E-state index is 0.0364. The molecule has 0 bridgehead atoms. The molecule has 0 radical (unpaired) electrons. The van der Waals surface area contributed by atoms with E-state index in [9.17, 15) is 4.79 Å². The van der Waals surface area contributed by atoms with Gasteiger partial charge in [0.1, 0.15) is 5.75 Å². The van der Waals surface area contributed by atoms with E-state index in [0.717, 1.165) is 5.69 Å². The first-order valence-electron chi connectivity index (χ1n) is 4.26. The van der Waals surface area contributed by atoms with Crippen molar-refractivity contribution >= 4 is 23.2 Å². The Morgan fingerprint density at radius 2 is 2.00 bits per heavy atom. The van der Waals surface area contributed by atoms with Gasteiger partial charge >= 0.3 is 0 Å². The van der Waals surface area contributed by atoms with Gasteiger partial charge in [-0.2, -0.15) is 0 Å². The van der Waals surface area contributed by atoms with Crippen molar-refractivity contribution < 1.29 is 9.90 Å². The van der Waals surface area contributed by atoms with E-state index in [0.29, 0.717) is 12.3 Å². The topological polar surface area (TPSA) is 40.5 Å². The van der Waals surface area contributed by atoms with E-state index in [1.165, 1.54) is 4.90 Å². The quantitative estimate of drug-likeness (QED) is 0.781. The maximum absolute atomic E-state index is 11.4. The molecule has 1 aromatic carbocycles. The van der Waals surface area contributed by atoms with Crippen molar-refractivity contribution in [2.75, 3.05) is 17.8 Å². The number of hydrogen-bond donors (Lipinski definition) is 1. The number of amides is 1. The average molecular weight is 214 g/mol. The molecule has 1 aromatic rings. The van der Waals surface area contributed by atoms with Crippen LogP contribution in [-0.4, -0.2) is 23.9 Å². The van der Waals surface area contributed by atoms with Crippen LogP contribution in [0.3, 0.4) is 0 Å². The molecule has 0 aliphatic heterocycles. The Morgan fingerprint density at radius 3 is 2.50 bits per heavy atom. The molecule has 76 valence electrons. The first kappa shape index (κ1) is 10.9. The average Bonchev–Trinajstić information content (AvgIpc) is 2.18. The molecule has 0 atom stereocenters. The summed E-state index contributed by atoms with van der Waals surface area (Å²) in [5, 5.41) is 9.06. The van der Waals surface area contributed by atoms with Crippen LogP contribution in [0.2, 0.25) is 0 Å². The molecule has 1 amide bonds. The fourth-order valence-corrected chi connectivity index (χ4v) is 1.23. The van der Waals surface area contributed by atoms with Gasteiger partial charge in [-0.25, -0.2) is 0 Å². The molecule has 0 aliphatic rings. The minimum atomic E-state index is -0.0364. The van der Waals surface area contributed by atoms with Gasteiger partial charge in [0.05, 0.1) is 0 Å². The third-order valence-electron chi connectivity index (χ3n) is 1.92. The Hall–Kier alpha value is -1.22. The van der Waals surface area contributed by atoms with Crippen LogP contribution in [-0.2, 0) is 4.79 Å². The molecule has 4 heteroatoms. The molecule has 0 spiro atoms. The number of aromatic hydroxyl groups is 1. The van der Waals surface area contributed by atoms with Gasteiger partial charge in [-0.1, -0.05) is 0 Å². The summed E-state index contributed by atoms with van der Waals surface area (Å²) in [4.78, 5) is 12.9. The highest BCUT2D eigenvalue weighted by Crippen LogP contribution is 2.17. The Morgan fingerprint density at radius 1 is 1.43 bits per heavy atom. The second-order valence-electron chi connectivity index (χ2n) is 2.91. The second kappa shape index (κ2) is 4.86. The zero-order chi connectivity index (χ0) is 10.6. The fraction of sp³-hybridized carbons (Fsp3) is 0.300. The summed E-state index contributed by atoms with van der Waals surface area (Å²) >= 11 is 5.47. The third-order valence-corrected chi connectivity index (χ3v) is 2.11. The van der Waals surface area contributed by atoms with Gasteiger partial charge in [0.25, 0.3) is 0 Å². The second-order valence-corrected chi connectivity index (χ2v) is 3.29. The van der Waals surface area contributed by atoms with Crippen LogP contribution in [0.4, 0.5) is 5.69 Å². The Labute approximate surface area is 87.9 Å². The zero-order valence-electron chi connectivity index (χ0n) is 7.90. The molecule has 0 saturated carbocycles. The highest BCUT2D eigenvalue weighted by atomic mass is 35.5. The largest absolute Gasteiger partial charge is 0.508 e. The Bertz CT molecular complexity index is 310. The highest BCUT2D eigenvalue weighted by Gasteiger charge is 2.09. The number of nitrogens with zero attached hydrogens (tertiary/aromatic N) is 1. The van der Waals surface area contributed by atoms with Gasteiger partial charge in [0, 0.05) is 25.0 Å². The summed E-state index contributed by atoms with van der Waals surface area (Å²) < 4.78 is 0. The number of phenols is 1. The lowest BCUT2D eigenvalue weighted by Gasteiger charge is -2.16. The number of rotatable bonds is 3. The molecular formula is C10H12ClNO2. The summed E-state index contributed by atoms with van der Waals surface area (Å²) in [5.74, 6) is 0.471. The van der Waals surface area contributed by atoms with Crippen LogP contribution < -0.4 is 4.90 Å². The van der Waals surface area contributed by atoms with Gasteiger partial charge in [0.15, 0.2) is 0 Å². The molecular weight excluding hydrogens is 202 g/mol. The van der Waals surface area contributed by atoms with Crippen molar-refractivity contribution in [2.45, 2.75) is 6.42 Å². The van der Waals surface area contributed by atoms with Crippen molar-refractivity contribution in [1.29, 1.82) is 0 Å². The summed E-state index contributed by atoms with van der Waals surface area (Å²) in [7, 11) is 1.68. The Balaban J connectivity index is 2.73. The van der Waals surface area contributed by atoms with Crippen molar-refractivity contribution in [1.82, 2.24) is 0 Å². The number of anilines is 1. The number of phenolic OH excluding ortho intramolecular Hbond substituents is 1. The van der Waals surface area contributed by atoms with Crippen molar-refractivity contribution in [3.05, 3.63) is 24.3 Å². The maximum atomic E-state index is 11.4. The lowest BCUT2D eigenvalue weighted by molar-refractivity contribution is -0.117. The van der Waals surface area contributed by atoms with E-state index in [-0.39, 0.29) is 11.7 Å². The molecule has 0 saturated heterocycles. The summed E-state index contributed by atoms with van der Waals surface area (Å²) in [6, 6.07) is 6.45. The number of hydrogen-bond acceptors (Lipinski definition) is 2. The molecule has 0 unspecified atom stereocenters. The number of benzene rings is 1. The lowest BCUT2D eigenvalue weighted by atomic mass is 10.2. The molecule has 1 rings (SSSR count). The summed E-state index contributed by atoms with van der Waals surface area (Å²) in [6.07, 6.45) is 0.318. The van der Waals surface area contributed by atoms with Gasteiger partial charge in [-0.3, -0.25) is 4.79 Å². The Kier molecular flexibility index (Phi) is 3.77. The van der Waals surface area contributed by atoms with E-state index in [2.05, 4.69) is 0 Å². The predicted molar refractivity (Wildman–Crippen MR) is 56.9 cm³/mol. The number of carbonyl (C=O) groups excluding carboxylic acids is 1. The lowest BCUT2D eigenvalue weighted by Crippen LogP contribution is -2.26. The van der Waals surface area contributed by atoms with Crippen molar-refractivity contribution in [3.63, 3.8) is 0 Å². The zero-order valence-corrected chi connectivity index (χ0v) is 8.66. The van der Waals surface area contributed by atoms with E-state index in [1.807, 2.05) is 0 Å². The summed E-state index contributed by atoms with van der Waals surface area (Å²) in [6.45, 7) is 0. The van der Waals surface area contributed by atoms with Gasteiger partial charge in [0.2, 0.25) is 5.91 Å². The smallest absolute Gasteiger partial charge is 0.227 e.